The Morgan fingerprint density at radius 3 is 2.50 bits per heavy atom. The van der Waals surface area contributed by atoms with Crippen molar-refractivity contribution < 1.29 is 4.92 Å². The fraction of sp³-hybridized carbons (Fsp3) is 0.571. The van der Waals surface area contributed by atoms with E-state index in [2.05, 4.69) is 33.0 Å². The van der Waals surface area contributed by atoms with E-state index in [4.69, 9.17) is 0 Å². The van der Waals surface area contributed by atoms with Crippen molar-refractivity contribution in [2.24, 2.45) is 5.41 Å². The predicted octanol–water partition coefficient (Wildman–Crippen LogP) is 3.16. The lowest BCUT2D eigenvalue weighted by atomic mass is 9.88. The predicted molar refractivity (Wildman–Crippen MR) is 73.7 cm³/mol. The minimum absolute atomic E-state index is 0.197. The largest absolute Gasteiger partial charge is 0.313 e. The molecule has 18 heavy (non-hydrogen) atoms. The van der Waals surface area contributed by atoms with Gasteiger partial charge in [0, 0.05) is 17.7 Å². The molecule has 0 aliphatic heterocycles. The van der Waals surface area contributed by atoms with Crippen LogP contribution in [0, 0.1) is 15.5 Å². The van der Waals surface area contributed by atoms with Crippen LogP contribution in [-0.2, 0) is 6.42 Å². The molecule has 100 valence electrons. The van der Waals surface area contributed by atoms with Gasteiger partial charge in [-0.05, 0) is 25.3 Å². The van der Waals surface area contributed by atoms with Gasteiger partial charge in [-0.3, -0.25) is 10.1 Å². The highest BCUT2D eigenvalue weighted by atomic mass is 16.6. The number of hydrogen-bond acceptors (Lipinski definition) is 3. The summed E-state index contributed by atoms with van der Waals surface area (Å²) in [6, 6.07) is 7.30. The van der Waals surface area contributed by atoms with Crippen LogP contribution in [0.4, 0.5) is 5.69 Å². The first-order valence-electron chi connectivity index (χ1n) is 6.28. The molecule has 0 spiro atoms. The number of nitro groups is 1. The summed E-state index contributed by atoms with van der Waals surface area (Å²) in [5.74, 6) is 0. The molecular formula is C14H22N2O2. The van der Waals surface area contributed by atoms with E-state index in [0.29, 0.717) is 12.5 Å². The quantitative estimate of drug-likeness (QED) is 0.645. The number of nitrogens with zero attached hydrogens (tertiary/aromatic N) is 1. The van der Waals surface area contributed by atoms with E-state index in [1.165, 1.54) is 0 Å². The monoisotopic (exact) mass is 250 g/mol. The number of hydrogen-bond donors (Lipinski definition) is 1. The van der Waals surface area contributed by atoms with Crippen LogP contribution in [0.15, 0.2) is 24.3 Å². The van der Waals surface area contributed by atoms with Crippen LogP contribution < -0.4 is 5.32 Å². The molecule has 0 saturated heterocycles. The Kier molecular flexibility index (Phi) is 4.84. The third kappa shape index (κ3) is 4.11. The third-order valence-corrected chi connectivity index (χ3v) is 3.33. The molecule has 1 aromatic carbocycles. The normalized spacial score (nSPS) is 13.3. The Morgan fingerprint density at radius 1 is 1.33 bits per heavy atom. The number of benzene rings is 1. The molecule has 0 aromatic heterocycles. The Hall–Kier alpha value is -1.42. The van der Waals surface area contributed by atoms with Gasteiger partial charge in [-0.1, -0.05) is 39.0 Å². The molecule has 0 heterocycles. The zero-order valence-corrected chi connectivity index (χ0v) is 11.6. The number of para-hydroxylation sites is 1. The average Bonchev–Trinajstić information content (AvgIpc) is 2.28. The summed E-state index contributed by atoms with van der Waals surface area (Å²) in [4.78, 5) is 10.5. The average molecular weight is 250 g/mol. The molecule has 0 aliphatic carbocycles. The molecule has 0 amide bonds. The fourth-order valence-electron chi connectivity index (χ4n) is 1.63. The Morgan fingerprint density at radius 2 is 1.94 bits per heavy atom. The molecule has 4 nitrogen and oxygen atoms in total. The van der Waals surface area contributed by atoms with Crippen molar-refractivity contribution >= 4 is 5.69 Å². The van der Waals surface area contributed by atoms with Gasteiger partial charge >= 0.3 is 0 Å². The highest BCUT2D eigenvalue weighted by Crippen LogP contribution is 2.20. The van der Waals surface area contributed by atoms with Crippen molar-refractivity contribution in [2.45, 2.75) is 40.2 Å². The maximum atomic E-state index is 10.9. The van der Waals surface area contributed by atoms with Crippen LogP contribution in [0.3, 0.4) is 0 Å². The van der Waals surface area contributed by atoms with Crippen LogP contribution in [0.1, 0.15) is 33.3 Å². The van der Waals surface area contributed by atoms with E-state index in [-0.39, 0.29) is 16.0 Å². The van der Waals surface area contributed by atoms with Crippen LogP contribution in [-0.4, -0.2) is 17.5 Å². The molecule has 0 bridgehead atoms. The van der Waals surface area contributed by atoms with Crippen LogP contribution in [0.25, 0.3) is 0 Å². The second-order valence-corrected chi connectivity index (χ2v) is 5.68. The van der Waals surface area contributed by atoms with Crippen molar-refractivity contribution in [3.05, 3.63) is 39.9 Å². The second kappa shape index (κ2) is 5.96. The van der Waals surface area contributed by atoms with E-state index in [9.17, 15) is 10.1 Å². The third-order valence-electron chi connectivity index (χ3n) is 3.33. The van der Waals surface area contributed by atoms with Crippen molar-refractivity contribution in [1.29, 1.82) is 0 Å². The summed E-state index contributed by atoms with van der Waals surface area (Å²) in [5.41, 5.74) is 1.20. The minimum Gasteiger partial charge on any atom is -0.313 e. The summed E-state index contributed by atoms with van der Waals surface area (Å²) in [6.45, 7) is 9.42. The van der Waals surface area contributed by atoms with Crippen molar-refractivity contribution in [1.82, 2.24) is 5.32 Å². The Bertz CT molecular complexity index is 411. The SMILES string of the molecule is CC(NCCc1ccccc1[N+](=O)[O-])C(C)(C)C. The lowest BCUT2D eigenvalue weighted by molar-refractivity contribution is -0.385. The molecule has 1 aromatic rings. The van der Waals surface area contributed by atoms with E-state index < -0.39 is 0 Å². The van der Waals surface area contributed by atoms with Gasteiger partial charge in [0.15, 0.2) is 0 Å². The summed E-state index contributed by atoms with van der Waals surface area (Å²) in [6.07, 6.45) is 0.678. The van der Waals surface area contributed by atoms with Gasteiger partial charge < -0.3 is 5.32 Å². The van der Waals surface area contributed by atoms with E-state index in [1.54, 1.807) is 12.1 Å². The van der Waals surface area contributed by atoms with Gasteiger partial charge in [0.1, 0.15) is 0 Å². The first-order chi connectivity index (χ1) is 8.32. The van der Waals surface area contributed by atoms with Gasteiger partial charge in [-0.2, -0.15) is 0 Å². The zero-order valence-electron chi connectivity index (χ0n) is 11.6. The van der Waals surface area contributed by atoms with Gasteiger partial charge in [-0.25, -0.2) is 0 Å². The zero-order chi connectivity index (χ0) is 13.8. The molecule has 1 N–H and O–H groups in total. The molecule has 1 unspecified atom stereocenters. The van der Waals surface area contributed by atoms with Crippen molar-refractivity contribution in [3.8, 4) is 0 Å². The molecule has 0 aliphatic rings. The highest BCUT2D eigenvalue weighted by Gasteiger charge is 2.19. The van der Waals surface area contributed by atoms with Crippen LogP contribution in [0.2, 0.25) is 0 Å². The summed E-state index contributed by atoms with van der Waals surface area (Å²) >= 11 is 0. The molecule has 1 rings (SSSR count). The van der Waals surface area contributed by atoms with Crippen LogP contribution >= 0.6 is 0 Å². The number of nitro benzene ring substituents is 1. The molecule has 1 atom stereocenters. The first kappa shape index (κ1) is 14.6. The van der Waals surface area contributed by atoms with Crippen LogP contribution in [0.5, 0.6) is 0 Å². The minimum atomic E-state index is -0.317. The molecule has 0 saturated carbocycles. The maximum absolute atomic E-state index is 10.9. The Labute approximate surface area is 109 Å². The smallest absolute Gasteiger partial charge is 0.272 e. The summed E-state index contributed by atoms with van der Waals surface area (Å²) < 4.78 is 0. The lowest BCUT2D eigenvalue weighted by Crippen LogP contribution is -2.38. The highest BCUT2D eigenvalue weighted by molar-refractivity contribution is 5.39. The van der Waals surface area contributed by atoms with Gasteiger partial charge in [0.2, 0.25) is 0 Å². The standard InChI is InChI=1S/C14H22N2O2/c1-11(14(2,3)4)15-10-9-12-7-5-6-8-13(12)16(17)18/h5-8,11,15H,9-10H2,1-4H3. The molecule has 0 fully saturated rings. The van der Waals surface area contributed by atoms with E-state index >= 15 is 0 Å². The van der Waals surface area contributed by atoms with Crippen molar-refractivity contribution in [2.75, 3.05) is 6.54 Å². The summed E-state index contributed by atoms with van der Waals surface area (Å²) in [5, 5.41) is 14.3. The first-order valence-corrected chi connectivity index (χ1v) is 6.28. The van der Waals surface area contributed by atoms with Crippen molar-refractivity contribution in [3.63, 3.8) is 0 Å². The Balaban J connectivity index is 2.57. The van der Waals surface area contributed by atoms with Gasteiger partial charge in [0.05, 0.1) is 4.92 Å². The summed E-state index contributed by atoms with van der Waals surface area (Å²) in [7, 11) is 0. The molecule has 0 radical (unpaired) electrons. The molecular weight excluding hydrogens is 228 g/mol. The lowest BCUT2D eigenvalue weighted by Gasteiger charge is -2.28. The second-order valence-electron chi connectivity index (χ2n) is 5.68. The van der Waals surface area contributed by atoms with E-state index in [1.807, 2.05) is 12.1 Å². The molecule has 4 heteroatoms. The van der Waals surface area contributed by atoms with Gasteiger partial charge in [0.25, 0.3) is 5.69 Å². The number of nitrogens with one attached hydrogen (secondary N) is 1. The number of rotatable bonds is 5. The topological polar surface area (TPSA) is 55.2 Å². The fourth-order valence-corrected chi connectivity index (χ4v) is 1.63. The van der Waals surface area contributed by atoms with Gasteiger partial charge in [-0.15, -0.1) is 0 Å². The van der Waals surface area contributed by atoms with E-state index in [0.717, 1.165) is 12.1 Å². The maximum Gasteiger partial charge on any atom is 0.272 e.